The number of carbonyl (C=O) groups excluding carboxylic acids is 1. The Balaban J connectivity index is 1.80. The van der Waals surface area contributed by atoms with E-state index in [9.17, 15) is 9.18 Å². The van der Waals surface area contributed by atoms with Crippen LogP contribution in [0.1, 0.15) is 22.0 Å². The standard InChI is InChI=1S/C16H11FN2OS/c17-11-5-3-4-10(8-11)14-9-15(20)19-13-7-2-1-6-12(13)18-16(19)21-14/h1-8,14H,9H2. The van der Waals surface area contributed by atoms with Crippen molar-refractivity contribution < 1.29 is 9.18 Å². The summed E-state index contributed by atoms with van der Waals surface area (Å²) in [6.45, 7) is 0. The van der Waals surface area contributed by atoms with Crippen LogP contribution >= 0.6 is 11.8 Å². The Morgan fingerprint density at radius 1 is 1.19 bits per heavy atom. The lowest BCUT2D eigenvalue weighted by molar-refractivity contribution is 0.0891. The molecule has 3 nitrogen and oxygen atoms in total. The number of rotatable bonds is 1. The van der Waals surface area contributed by atoms with Gasteiger partial charge in [0.25, 0.3) is 0 Å². The Morgan fingerprint density at radius 2 is 2.05 bits per heavy atom. The zero-order valence-electron chi connectivity index (χ0n) is 11.0. The van der Waals surface area contributed by atoms with Crippen LogP contribution < -0.4 is 0 Å². The van der Waals surface area contributed by atoms with E-state index in [0.29, 0.717) is 11.6 Å². The third kappa shape index (κ3) is 2.05. The quantitative estimate of drug-likeness (QED) is 0.679. The first-order valence-corrected chi connectivity index (χ1v) is 7.53. The summed E-state index contributed by atoms with van der Waals surface area (Å²) < 4.78 is 15.0. The number of aromatic nitrogens is 2. The zero-order valence-corrected chi connectivity index (χ0v) is 11.8. The van der Waals surface area contributed by atoms with Gasteiger partial charge >= 0.3 is 0 Å². The molecule has 2 aromatic carbocycles. The van der Waals surface area contributed by atoms with Crippen molar-refractivity contribution in [2.75, 3.05) is 0 Å². The van der Waals surface area contributed by atoms with Crippen LogP contribution in [0.5, 0.6) is 0 Å². The third-order valence-corrected chi connectivity index (χ3v) is 4.82. The molecule has 4 rings (SSSR count). The molecule has 3 aromatic rings. The summed E-state index contributed by atoms with van der Waals surface area (Å²) in [5.41, 5.74) is 2.47. The predicted octanol–water partition coefficient (Wildman–Crippen LogP) is 4.05. The maximum atomic E-state index is 13.4. The van der Waals surface area contributed by atoms with E-state index in [0.717, 1.165) is 16.6 Å². The molecule has 104 valence electrons. The van der Waals surface area contributed by atoms with Crippen LogP contribution in [0.2, 0.25) is 0 Å². The minimum atomic E-state index is -0.278. The number of benzene rings is 2. The van der Waals surface area contributed by atoms with Crippen molar-refractivity contribution in [3.63, 3.8) is 0 Å². The molecule has 0 spiro atoms. The van der Waals surface area contributed by atoms with Crippen molar-refractivity contribution in [2.45, 2.75) is 16.8 Å². The molecule has 1 aliphatic heterocycles. The first kappa shape index (κ1) is 12.6. The minimum Gasteiger partial charge on any atom is -0.274 e. The Kier molecular flexibility index (Phi) is 2.82. The lowest BCUT2D eigenvalue weighted by Gasteiger charge is -2.22. The fourth-order valence-corrected chi connectivity index (χ4v) is 3.86. The van der Waals surface area contributed by atoms with Gasteiger partial charge < -0.3 is 0 Å². The molecule has 1 atom stereocenters. The molecule has 0 saturated heterocycles. The summed E-state index contributed by atoms with van der Waals surface area (Å²) in [6, 6.07) is 14.0. The molecule has 0 fully saturated rings. The lowest BCUT2D eigenvalue weighted by atomic mass is 10.1. The van der Waals surface area contributed by atoms with Crippen molar-refractivity contribution in [1.29, 1.82) is 0 Å². The second kappa shape index (κ2) is 4.70. The molecule has 1 unspecified atom stereocenters. The number of fused-ring (bicyclic) bond motifs is 3. The van der Waals surface area contributed by atoms with Crippen LogP contribution in [0.25, 0.3) is 11.0 Å². The van der Waals surface area contributed by atoms with Crippen LogP contribution in [0, 0.1) is 5.82 Å². The molecule has 0 amide bonds. The maximum absolute atomic E-state index is 13.4. The zero-order chi connectivity index (χ0) is 14.4. The summed E-state index contributed by atoms with van der Waals surface area (Å²) in [4.78, 5) is 17.0. The molecular weight excluding hydrogens is 287 g/mol. The van der Waals surface area contributed by atoms with E-state index >= 15 is 0 Å². The van der Waals surface area contributed by atoms with Gasteiger partial charge in [-0.05, 0) is 29.8 Å². The highest BCUT2D eigenvalue weighted by Crippen LogP contribution is 2.42. The van der Waals surface area contributed by atoms with Gasteiger partial charge in [0.05, 0.1) is 11.0 Å². The van der Waals surface area contributed by atoms with Gasteiger partial charge in [-0.25, -0.2) is 9.37 Å². The molecule has 2 heterocycles. The number of imidazole rings is 1. The third-order valence-electron chi connectivity index (χ3n) is 3.61. The van der Waals surface area contributed by atoms with Gasteiger partial charge in [-0.15, -0.1) is 0 Å². The van der Waals surface area contributed by atoms with E-state index in [2.05, 4.69) is 4.98 Å². The molecule has 0 bridgehead atoms. The van der Waals surface area contributed by atoms with Crippen LogP contribution in [0.3, 0.4) is 0 Å². The van der Waals surface area contributed by atoms with Crippen LogP contribution in [0.15, 0.2) is 53.7 Å². The summed E-state index contributed by atoms with van der Waals surface area (Å²) in [7, 11) is 0. The second-order valence-electron chi connectivity index (χ2n) is 4.98. The van der Waals surface area contributed by atoms with Gasteiger partial charge in [0.15, 0.2) is 5.16 Å². The average Bonchev–Trinajstić information content (AvgIpc) is 2.86. The summed E-state index contributed by atoms with van der Waals surface area (Å²) in [5, 5.41) is 0.597. The number of hydrogen-bond acceptors (Lipinski definition) is 3. The fourth-order valence-electron chi connectivity index (χ4n) is 2.64. The summed E-state index contributed by atoms with van der Waals surface area (Å²) >= 11 is 1.51. The highest BCUT2D eigenvalue weighted by atomic mass is 32.2. The largest absolute Gasteiger partial charge is 0.274 e. The maximum Gasteiger partial charge on any atom is 0.234 e. The van der Waals surface area contributed by atoms with Crippen molar-refractivity contribution in [3.05, 3.63) is 59.9 Å². The fraction of sp³-hybridized carbons (Fsp3) is 0.125. The molecule has 0 N–H and O–H groups in total. The molecular formula is C16H11FN2OS. The smallest absolute Gasteiger partial charge is 0.234 e. The number of para-hydroxylation sites is 2. The van der Waals surface area contributed by atoms with E-state index in [1.807, 2.05) is 30.3 Å². The Labute approximate surface area is 124 Å². The summed E-state index contributed by atoms with van der Waals surface area (Å²) in [5.74, 6) is -0.272. The van der Waals surface area contributed by atoms with Gasteiger partial charge in [0.1, 0.15) is 5.82 Å². The molecule has 21 heavy (non-hydrogen) atoms. The SMILES string of the molecule is O=C1CC(c2cccc(F)c2)Sc2nc3ccccc3n21. The highest BCUT2D eigenvalue weighted by molar-refractivity contribution is 7.99. The van der Waals surface area contributed by atoms with Crippen LogP contribution in [0.4, 0.5) is 4.39 Å². The molecule has 1 aliphatic rings. The van der Waals surface area contributed by atoms with E-state index in [1.54, 1.807) is 10.6 Å². The topological polar surface area (TPSA) is 34.9 Å². The van der Waals surface area contributed by atoms with Crippen molar-refractivity contribution in [1.82, 2.24) is 9.55 Å². The molecule has 1 aromatic heterocycles. The van der Waals surface area contributed by atoms with E-state index in [1.165, 1.54) is 23.9 Å². The van der Waals surface area contributed by atoms with Crippen LogP contribution in [-0.2, 0) is 0 Å². The normalized spacial score (nSPS) is 18.0. The van der Waals surface area contributed by atoms with Gasteiger partial charge in [0.2, 0.25) is 5.91 Å². The first-order chi connectivity index (χ1) is 10.2. The first-order valence-electron chi connectivity index (χ1n) is 6.65. The molecule has 0 radical (unpaired) electrons. The Bertz CT molecular complexity index is 858. The number of carbonyl (C=O) groups is 1. The van der Waals surface area contributed by atoms with Gasteiger partial charge in [-0.3, -0.25) is 9.36 Å². The van der Waals surface area contributed by atoms with E-state index < -0.39 is 0 Å². The number of halogens is 1. The van der Waals surface area contributed by atoms with E-state index in [4.69, 9.17) is 0 Å². The van der Waals surface area contributed by atoms with Crippen LogP contribution in [-0.4, -0.2) is 15.5 Å². The number of thioether (sulfide) groups is 1. The number of hydrogen-bond donors (Lipinski definition) is 0. The van der Waals surface area contributed by atoms with Gasteiger partial charge in [-0.2, -0.15) is 0 Å². The second-order valence-corrected chi connectivity index (χ2v) is 6.15. The van der Waals surface area contributed by atoms with Crippen molar-refractivity contribution in [2.24, 2.45) is 0 Å². The predicted molar refractivity (Wildman–Crippen MR) is 80.0 cm³/mol. The molecule has 5 heteroatoms. The van der Waals surface area contributed by atoms with Crippen molar-refractivity contribution >= 4 is 28.7 Å². The molecule has 0 aliphatic carbocycles. The van der Waals surface area contributed by atoms with Crippen molar-refractivity contribution in [3.8, 4) is 0 Å². The average molecular weight is 298 g/mol. The van der Waals surface area contributed by atoms with E-state index in [-0.39, 0.29) is 17.0 Å². The monoisotopic (exact) mass is 298 g/mol. The number of nitrogens with zero attached hydrogens (tertiary/aromatic N) is 2. The molecule has 0 saturated carbocycles. The minimum absolute atomic E-state index is 0.00621. The van der Waals surface area contributed by atoms with Gasteiger partial charge in [0, 0.05) is 11.7 Å². The lowest BCUT2D eigenvalue weighted by Crippen LogP contribution is -2.19. The Morgan fingerprint density at radius 3 is 2.90 bits per heavy atom. The van der Waals surface area contributed by atoms with Gasteiger partial charge in [-0.1, -0.05) is 36.0 Å². The highest BCUT2D eigenvalue weighted by Gasteiger charge is 2.29. The summed E-state index contributed by atoms with van der Waals surface area (Å²) in [6.07, 6.45) is 0.349. The Hall–Kier alpha value is -2.14.